The average molecular weight is 273 g/mol. The van der Waals surface area contributed by atoms with Crippen molar-refractivity contribution in [3.63, 3.8) is 0 Å². The smallest absolute Gasteiger partial charge is 0.242 e. The van der Waals surface area contributed by atoms with Crippen molar-refractivity contribution in [2.75, 3.05) is 18.6 Å². The Morgan fingerprint density at radius 1 is 1.20 bits per heavy atom. The zero-order valence-corrected chi connectivity index (χ0v) is 12.1. The third kappa shape index (κ3) is 2.29. The fourth-order valence-corrected chi connectivity index (χ4v) is 3.40. The molecular weight excluding hydrogens is 250 g/mol. The molecule has 1 aromatic rings. The van der Waals surface area contributed by atoms with Crippen molar-refractivity contribution in [3.05, 3.63) is 29.8 Å². The molecule has 0 radical (unpaired) electrons. The van der Waals surface area contributed by atoms with Gasteiger partial charge in [0.15, 0.2) is 0 Å². The van der Waals surface area contributed by atoms with Gasteiger partial charge in [0.05, 0.1) is 5.69 Å². The molecule has 1 aliphatic carbocycles. The summed E-state index contributed by atoms with van der Waals surface area (Å²) in [4.78, 5) is 11.7. The summed E-state index contributed by atoms with van der Waals surface area (Å²) in [6.07, 6.45) is 6.43. The van der Waals surface area contributed by atoms with Crippen molar-refractivity contribution in [2.45, 2.75) is 44.1 Å². The van der Waals surface area contributed by atoms with Crippen LogP contribution in [0, 0.1) is 0 Å². The van der Waals surface area contributed by atoms with Crippen LogP contribution in [0.25, 0.3) is 0 Å². The van der Waals surface area contributed by atoms with Crippen LogP contribution in [0.2, 0.25) is 0 Å². The molecule has 1 aliphatic heterocycles. The minimum atomic E-state index is -0.184. The van der Waals surface area contributed by atoms with Crippen molar-refractivity contribution in [1.29, 1.82) is 0 Å². The standard InChI is InChI=1S/C16H23N3O/c1-18-15(20)8-11-19(18)14-7-5-6-13(12-14)16(17)9-3-2-4-10-16/h5-7,12H,2-4,8-11,17H2,1H3. The summed E-state index contributed by atoms with van der Waals surface area (Å²) >= 11 is 0. The quantitative estimate of drug-likeness (QED) is 0.900. The summed E-state index contributed by atoms with van der Waals surface area (Å²) in [6.45, 7) is 0.760. The van der Waals surface area contributed by atoms with Gasteiger partial charge in [0.2, 0.25) is 5.91 Å². The van der Waals surface area contributed by atoms with Gasteiger partial charge in [-0.2, -0.15) is 0 Å². The first-order valence-corrected chi connectivity index (χ1v) is 7.54. The van der Waals surface area contributed by atoms with E-state index >= 15 is 0 Å². The second-order valence-electron chi connectivity index (χ2n) is 6.06. The summed E-state index contributed by atoms with van der Waals surface area (Å²) < 4.78 is 0. The highest BCUT2D eigenvalue weighted by Gasteiger charge is 2.31. The Morgan fingerprint density at radius 2 is 1.95 bits per heavy atom. The minimum absolute atomic E-state index is 0.176. The lowest BCUT2D eigenvalue weighted by molar-refractivity contribution is -0.126. The molecule has 0 atom stereocenters. The number of carbonyl (C=O) groups is 1. The van der Waals surface area contributed by atoms with E-state index in [1.54, 1.807) is 5.01 Å². The van der Waals surface area contributed by atoms with E-state index in [0.717, 1.165) is 25.1 Å². The van der Waals surface area contributed by atoms with Gasteiger partial charge in [0.25, 0.3) is 0 Å². The highest BCUT2D eigenvalue weighted by Crippen LogP contribution is 2.36. The molecule has 1 heterocycles. The molecule has 2 fully saturated rings. The highest BCUT2D eigenvalue weighted by atomic mass is 16.2. The number of nitrogens with zero attached hydrogens (tertiary/aromatic N) is 2. The molecule has 4 nitrogen and oxygen atoms in total. The van der Waals surface area contributed by atoms with Gasteiger partial charge in [0.1, 0.15) is 0 Å². The first-order valence-electron chi connectivity index (χ1n) is 7.54. The van der Waals surface area contributed by atoms with Gasteiger partial charge < -0.3 is 5.73 Å². The van der Waals surface area contributed by atoms with Crippen LogP contribution in [0.5, 0.6) is 0 Å². The lowest BCUT2D eigenvalue weighted by Crippen LogP contribution is -2.39. The Hall–Kier alpha value is -1.55. The van der Waals surface area contributed by atoms with E-state index in [9.17, 15) is 4.79 Å². The van der Waals surface area contributed by atoms with E-state index in [-0.39, 0.29) is 11.4 Å². The van der Waals surface area contributed by atoms with Crippen molar-refractivity contribution in [3.8, 4) is 0 Å². The number of hydrogen-bond donors (Lipinski definition) is 1. The maximum atomic E-state index is 11.7. The fourth-order valence-electron chi connectivity index (χ4n) is 3.40. The van der Waals surface area contributed by atoms with Crippen LogP contribution >= 0.6 is 0 Å². The molecule has 1 saturated heterocycles. The molecule has 0 bridgehead atoms. The number of rotatable bonds is 2. The molecule has 0 unspecified atom stereocenters. The zero-order valence-electron chi connectivity index (χ0n) is 12.1. The maximum Gasteiger partial charge on any atom is 0.242 e. The second kappa shape index (κ2) is 5.09. The van der Waals surface area contributed by atoms with Crippen molar-refractivity contribution >= 4 is 11.6 Å². The molecule has 2 N–H and O–H groups in total. The molecule has 108 valence electrons. The summed E-state index contributed by atoms with van der Waals surface area (Å²) in [5.41, 5.74) is 8.71. The Balaban J connectivity index is 1.88. The molecular formula is C16H23N3O. The molecule has 3 rings (SSSR count). The molecule has 1 aromatic carbocycles. The average Bonchev–Trinajstić information content (AvgIpc) is 2.80. The van der Waals surface area contributed by atoms with Crippen molar-refractivity contribution in [1.82, 2.24) is 5.01 Å². The summed E-state index contributed by atoms with van der Waals surface area (Å²) in [6, 6.07) is 8.42. The van der Waals surface area contributed by atoms with E-state index < -0.39 is 0 Å². The summed E-state index contributed by atoms with van der Waals surface area (Å²) in [5, 5.41) is 3.75. The lowest BCUT2D eigenvalue weighted by atomic mass is 9.77. The van der Waals surface area contributed by atoms with Gasteiger partial charge in [-0.15, -0.1) is 0 Å². The molecule has 0 spiro atoms. The highest BCUT2D eigenvalue weighted by molar-refractivity contribution is 5.81. The fraction of sp³-hybridized carbons (Fsp3) is 0.562. The Morgan fingerprint density at radius 3 is 2.60 bits per heavy atom. The SMILES string of the molecule is CN1C(=O)CCN1c1cccc(C2(N)CCCCC2)c1. The maximum absolute atomic E-state index is 11.7. The van der Waals surface area contributed by atoms with Crippen LogP contribution in [-0.4, -0.2) is 24.5 Å². The van der Waals surface area contributed by atoms with Crippen LogP contribution < -0.4 is 10.7 Å². The predicted molar refractivity (Wildman–Crippen MR) is 80.1 cm³/mol. The number of anilines is 1. The van der Waals surface area contributed by atoms with Crippen LogP contribution in [0.15, 0.2) is 24.3 Å². The molecule has 1 saturated carbocycles. The molecule has 0 aromatic heterocycles. The van der Waals surface area contributed by atoms with Gasteiger partial charge in [-0.3, -0.25) is 14.8 Å². The van der Waals surface area contributed by atoms with E-state index in [0.29, 0.717) is 6.42 Å². The number of hydrogen-bond acceptors (Lipinski definition) is 3. The Bertz CT molecular complexity index is 508. The number of hydrazine groups is 1. The predicted octanol–water partition coefficient (Wildman–Crippen LogP) is 2.39. The number of carbonyl (C=O) groups excluding carboxylic acids is 1. The molecule has 4 heteroatoms. The number of nitrogens with two attached hydrogens (primary N) is 1. The topological polar surface area (TPSA) is 49.6 Å². The first-order chi connectivity index (χ1) is 9.60. The van der Waals surface area contributed by atoms with Gasteiger partial charge in [0, 0.05) is 25.6 Å². The molecule has 1 amide bonds. The second-order valence-corrected chi connectivity index (χ2v) is 6.06. The third-order valence-corrected chi connectivity index (χ3v) is 4.73. The van der Waals surface area contributed by atoms with Crippen molar-refractivity contribution in [2.24, 2.45) is 5.73 Å². The third-order valence-electron chi connectivity index (χ3n) is 4.73. The van der Waals surface area contributed by atoms with E-state index in [1.807, 2.05) is 12.1 Å². The van der Waals surface area contributed by atoms with Crippen molar-refractivity contribution < 1.29 is 4.79 Å². The van der Waals surface area contributed by atoms with E-state index in [4.69, 9.17) is 5.73 Å². The van der Waals surface area contributed by atoms with Gasteiger partial charge in [-0.1, -0.05) is 31.4 Å². The largest absolute Gasteiger partial charge is 0.321 e. The Kier molecular flexibility index (Phi) is 3.42. The zero-order chi connectivity index (χ0) is 14.2. The van der Waals surface area contributed by atoms with Gasteiger partial charge in [-0.05, 0) is 30.5 Å². The first kappa shape index (κ1) is 13.4. The van der Waals surface area contributed by atoms with Crippen LogP contribution in [0.1, 0.15) is 44.1 Å². The normalized spacial score (nSPS) is 22.4. The van der Waals surface area contributed by atoms with Crippen LogP contribution in [0.3, 0.4) is 0 Å². The van der Waals surface area contributed by atoms with E-state index in [1.165, 1.54) is 24.8 Å². The van der Waals surface area contributed by atoms with Crippen LogP contribution in [-0.2, 0) is 10.3 Å². The molecule has 2 aliphatic rings. The summed E-state index contributed by atoms with van der Waals surface area (Å²) in [7, 11) is 1.83. The minimum Gasteiger partial charge on any atom is -0.321 e. The number of amides is 1. The van der Waals surface area contributed by atoms with E-state index in [2.05, 4.69) is 24.3 Å². The Labute approximate surface area is 120 Å². The van der Waals surface area contributed by atoms with Gasteiger partial charge in [-0.25, -0.2) is 0 Å². The van der Waals surface area contributed by atoms with Gasteiger partial charge >= 0.3 is 0 Å². The van der Waals surface area contributed by atoms with Crippen LogP contribution in [0.4, 0.5) is 5.69 Å². The summed E-state index contributed by atoms with van der Waals surface area (Å²) in [5.74, 6) is 0.176. The molecule has 20 heavy (non-hydrogen) atoms. The number of benzene rings is 1. The monoisotopic (exact) mass is 273 g/mol. The lowest BCUT2D eigenvalue weighted by Gasteiger charge is -2.35.